The van der Waals surface area contributed by atoms with Crippen LogP contribution < -0.4 is 0 Å². The molecule has 1 atom stereocenters. The van der Waals surface area contributed by atoms with Crippen LogP contribution in [0.1, 0.15) is 19.8 Å². The molecule has 1 unspecified atom stereocenters. The van der Waals surface area contributed by atoms with Crippen molar-refractivity contribution in [1.29, 1.82) is 0 Å². The van der Waals surface area contributed by atoms with E-state index in [4.69, 9.17) is 0 Å². The fraction of sp³-hybridized carbons (Fsp3) is 0.364. The number of thiazole rings is 1. The quantitative estimate of drug-likeness (QED) is 0.615. The van der Waals surface area contributed by atoms with Gasteiger partial charge in [-0.15, -0.1) is 11.3 Å². The van der Waals surface area contributed by atoms with E-state index in [-0.39, 0.29) is 0 Å². The van der Waals surface area contributed by atoms with Gasteiger partial charge >= 0.3 is 5.16 Å². The molecule has 4 nitrogen and oxygen atoms in total. The Bertz CT molecular complexity index is 461. The van der Waals surface area contributed by atoms with Crippen molar-refractivity contribution in [2.24, 2.45) is 0 Å². The molecule has 2 heterocycles. The molecule has 1 radical (unpaired) electrons. The first kappa shape index (κ1) is 12.5. The maximum absolute atomic E-state index is 11.9. The molecule has 6 heteroatoms. The van der Waals surface area contributed by atoms with Gasteiger partial charge in [-0.2, -0.15) is 9.97 Å². The molecule has 0 fully saturated rings. The standard InChI is InChI=1S/C11H12N3OS2/c1-2-3-6-17(15)11-12-5-4-9(14-11)10-7-16-8-13-10/h4-5,7H,2-3,6H2,1H3. The van der Waals surface area contributed by atoms with Crippen LogP contribution in [0.4, 0.5) is 0 Å². The van der Waals surface area contributed by atoms with Crippen molar-refractivity contribution >= 4 is 22.5 Å². The Kier molecular flexibility index (Phi) is 4.47. The van der Waals surface area contributed by atoms with Crippen molar-refractivity contribution in [3.8, 4) is 11.4 Å². The summed E-state index contributed by atoms with van der Waals surface area (Å²) in [5, 5.41) is 2.25. The van der Waals surface area contributed by atoms with Crippen molar-refractivity contribution in [1.82, 2.24) is 15.0 Å². The Labute approximate surface area is 107 Å². The number of aromatic nitrogens is 3. The van der Waals surface area contributed by atoms with Gasteiger partial charge < -0.3 is 4.55 Å². The maximum atomic E-state index is 11.9. The maximum Gasteiger partial charge on any atom is 0.343 e. The van der Waals surface area contributed by atoms with E-state index in [1.807, 2.05) is 5.38 Å². The fourth-order valence-corrected chi connectivity index (χ4v) is 2.86. The Morgan fingerprint density at radius 1 is 1.47 bits per heavy atom. The normalized spacial score (nSPS) is 12.6. The lowest BCUT2D eigenvalue weighted by molar-refractivity contribution is 0.583. The van der Waals surface area contributed by atoms with Gasteiger partial charge in [0, 0.05) is 22.8 Å². The fourth-order valence-electron chi connectivity index (χ4n) is 1.26. The molecule has 0 bridgehead atoms. The molecule has 0 aliphatic carbocycles. The summed E-state index contributed by atoms with van der Waals surface area (Å²) in [6.07, 6.45) is 3.57. The Hall–Kier alpha value is -0.980. The van der Waals surface area contributed by atoms with E-state index in [9.17, 15) is 4.55 Å². The third-order valence-electron chi connectivity index (χ3n) is 2.17. The summed E-state index contributed by atoms with van der Waals surface area (Å²) < 4.78 is 11.9. The highest BCUT2D eigenvalue weighted by Gasteiger charge is 2.15. The smallest absolute Gasteiger partial charge is 0.343 e. The highest BCUT2D eigenvalue weighted by Crippen LogP contribution is 2.17. The van der Waals surface area contributed by atoms with E-state index in [1.165, 1.54) is 11.3 Å². The molecule has 89 valence electrons. The molecule has 0 spiro atoms. The number of hydrogen-bond donors (Lipinski definition) is 0. The zero-order valence-electron chi connectivity index (χ0n) is 9.42. The second-order valence-electron chi connectivity index (χ2n) is 3.45. The minimum Gasteiger partial charge on any atom is -0.609 e. The predicted octanol–water partition coefficient (Wildman–Crippen LogP) is 2.31. The van der Waals surface area contributed by atoms with E-state index >= 15 is 0 Å². The molecule has 0 saturated carbocycles. The van der Waals surface area contributed by atoms with Crippen LogP contribution in [0.2, 0.25) is 0 Å². The molecule has 17 heavy (non-hydrogen) atoms. The molecular weight excluding hydrogens is 254 g/mol. The molecule has 2 rings (SSSR count). The summed E-state index contributed by atoms with van der Waals surface area (Å²) in [4.78, 5) is 12.4. The van der Waals surface area contributed by atoms with E-state index in [0.717, 1.165) is 18.5 Å². The molecule has 0 aliphatic rings. The highest BCUT2D eigenvalue weighted by atomic mass is 32.2. The first-order valence-electron chi connectivity index (χ1n) is 5.34. The summed E-state index contributed by atoms with van der Waals surface area (Å²) in [7, 11) is 0. The van der Waals surface area contributed by atoms with Gasteiger partial charge in [0.15, 0.2) is 5.51 Å². The van der Waals surface area contributed by atoms with Gasteiger partial charge in [0.2, 0.25) is 0 Å². The summed E-state index contributed by atoms with van der Waals surface area (Å²) in [6.45, 7) is 2.07. The molecule has 0 aromatic carbocycles. The number of unbranched alkanes of at least 4 members (excludes halogenated alkanes) is 1. The second-order valence-corrected chi connectivity index (χ2v) is 5.57. The number of nitrogens with zero attached hydrogens (tertiary/aromatic N) is 3. The summed E-state index contributed by atoms with van der Waals surface area (Å²) >= 11 is 0.278. The van der Waals surface area contributed by atoms with Gasteiger partial charge in [0.05, 0.1) is 5.69 Å². The van der Waals surface area contributed by atoms with Crippen LogP contribution in [0.3, 0.4) is 0 Å². The number of hydrogen-bond acceptors (Lipinski definition) is 5. The van der Waals surface area contributed by atoms with Gasteiger partial charge in [-0.1, -0.05) is 13.3 Å². The summed E-state index contributed by atoms with van der Waals surface area (Å²) in [5.74, 6) is 0.614. The Balaban J connectivity index is 2.17. The lowest BCUT2D eigenvalue weighted by atomic mass is 10.3. The molecule has 0 N–H and O–H groups in total. The summed E-state index contributed by atoms with van der Waals surface area (Å²) in [5.41, 5.74) is 4.23. The zero-order valence-corrected chi connectivity index (χ0v) is 11.1. The first-order valence-corrected chi connectivity index (χ1v) is 7.54. The Morgan fingerprint density at radius 2 is 2.35 bits per heavy atom. The van der Waals surface area contributed by atoms with E-state index in [2.05, 4.69) is 27.4 Å². The molecule has 0 saturated heterocycles. The van der Waals surface area contributed by atoms with Crippen molar-refractivity contribution in [3.63, 3.8) is 0 Å². The van der Waals surface area contributed by atoms with E-state index in [0.29, 0.717) is 16.6 Å². The molecular formula is C11H12N3OS2. The van der Waals surface area contributed by atoms with Gasteiger partial charge in [0.1, 0.15) is 11.4 Å². The third-order valence-corrected chi connectivity index (χ3v) is 3.97. The van der Waals surface area contributed by atoms with Crippen LogP contribution >= 0.6 is 11.3 Å². The molecule has 0 amide bonds. The minimum atomic E-state index is -1.11. The SMILES string of the molecule is CCCC[S+]([O-])c1nccc(-c2cs[c]n2)n1. The predicted molar refractivity (Wildman–Crippen MR) is 68.2 cm³/mol. The van der Waals surface area contributed by atoms with Crippen molar-refractivity contribution in [3.05, 3.63) is 23.2 Å². The lowest BCUT2D eigenvalue weighted by Gasteiger charge is -2.07. The van der Waals surface area contributed by atoms with Crippen LogP contribution in [0, 0.1) is 5.51 Å². The van der Waals surface area contributed by atoms with Crippen LogP contribution in [0.25, 0.3) is 11.4 Å². The number of rotatable bonds is 5. The topological polar surface area (TPSA) is 61.7 Å². The highest BCUT2D eigenvalue weighted by molar-refractivity contribution is 7.91. The lowest BCUT2D eigenvalue weighted by Crippen LogP contribution is -2.11. The Morgan fingerprint density at radius 3 is 3.06 bits per heavy atom. The molecule has 2 aromatic heterocycles. The van der Waals surface area contributed by atoms with Gasteiger partial charge in [0.25, 0.3) is 0 Å². The van der Waals surface area contributed by atoms with Crippen molar-refractivity contribution < 1.29 is 4.55 Å². The monoisotopic (exact) mass is 266 g/mol. The zero-order chi connectivity index (χ0) is 12.1. The molecule has 2 aromatic rings. The van der Waals surface area contributed by atoms with Gasteiger partial charge in [-0.05, 0) is 12.5 Å². The second kappa shape index (κ2) is 6.09. The minimum absolute atomic E-state index is 0.393. The van der Waals surface area contributed by atoms with E-state index < -0.39 is 11.2 Å². The largest absolute Gasteiger partial charge is 0.609 e. The average Bonchev–Trinajstić information content (AvgIpc) is 2.90. The van der Waals surface area contributed by atoms with E-state index in [1.54, 1.807) is 12.3 Å². The van der Waals surface area contributed by atoms with Crippen LogP contribution in [0.5, 0.6) is 0 Å². The van der Waals surface area contributed by atoms with Gasteiger partial charge in [-0.3, -0.25) is 0 Å². The average molecular weight is 266 g/mol. The van der Waals surface area contributed by atoms with Crippen molar-refractivity contribution in [2.75, 3.05) is 5.75 Å². The van der Waals surface area contributed by atoms with Crippen molar-refractivity contribution in [2.45, 2.75) is 24.9 Å². The van der Waals surface area contributed by atoms with Gasteiger partial charge in [-0.25, -0.2) is 4.98 Å². The van der Waals surface area contributed by atoms with Crippen LogP contribution in [-0.2, 0) is 11.2 Å². The van der Waals surface area contributed by atoms with Crippen LogP contribution in [0.15, 0.2) is 22.8 Å². The first-order chi connectivity index (χ1) is 8.31. The molecule has 0 aliphatic heterocycles. The van der Waals surface area contributed by atoms with Crippen LogP contribution in [-0.4, -0.2) is 25.3 Å². The third kappa shape index (κ3) is 3.24. The summed E-state index contributed by atoms with van der Waals surface area (Å²) in [6, 6.07) is 1.77.